The molecule has 0 spiro atoms. The molecule has 0 saturated heterocycles. The molecule has 0 fully saturated rings. The molecule has 0 aliphatic carbocycles. The number of rotatable bonds is 3. The highest BCUT2D eigenvalue weighted by Crippen LogP contribution is 2.15. The zero-order valence-corrected chi connectivity index (χ0v) is 11.2. The van der Waals surface area contributed by atoms with Crippen LogP contribution < -0.4 is 0 Å². The Bertz CT molecular complexity index is 571. The maximum absolute atomic E-state index is 11.7. The van der Waals surface area contributed by atoms with Gasteiger partial charge in [-0.15, -0.1) is 0 Å². The smallest absolute Gasteiger partial charge is 0.273 e. The van der Waals surface area contributed by atoms with E-state index in [1.807, 2.05) is 24.3 Å². The van der Waals surface area contributed by atoms with Crippen LogP contribution in [0.3, 0.4) is 0 Å². The molecule has 0 saturated carbocycles. The van der Waals surface area contributed by atoms with Crippen molar-refractivity contribution in [2.75, 3.05) is 14.1 Å². The van der Waals surface area contributed by atoms with Crippen LogP contribution in [0.25, 0.3) is 5.69 Å². The van der Waals surface area contributed by atoms with Crippen LogP contribution in [0.1, 0.15) is 29.1 Å². The number of benzene rings is 1. The van der Waals surface area contributed by atoms with Gasteiger partial charge in [-0.05, 0) is 30.7 Å². The third kappa shape index (κ3) is 2.82. The third-order valence-corrected chi connectivity index (χ3v) is 2.85. The summed E-state index contributed by atoms with van der Waals surface area (Å²) in [4.78, 5) is 13.2. The lowest BCUT2D eigenvalue weighted by atomic mass is 10.1. The Hall–Kier alpha value is -2.14. The Kier molecular flexibility index (Phi) is 3.66. The van der Waals surface area contributed by atoms with E-state index in [-0.39, 0.29) is 5.91 Å². The first kappa shape index (κ1) is 13.3. The summed E-state index contributed by atoms with van der Waals surface area (Å²) in [7, 11) is 3.39. The van der Waals surface area contributed by atoms with Crippen LogP contribution in [0.5, 0.6) is 0 Å². The topological polar surface area (TPSA) is 58.4 Å². The molecule has 2 aromatic rings. The van der Waals surface area contributed by atoms with Gasteiger partial charge >= 0.3 is 0 Å². The molecule has 0 aliphatic heterocycles. The van der Waals surface area contributed by atoms with Crippen LogP contribution in [0, 0.1) is 0 Å². The normalized spacial score (nSPS) is 12.2. The summed E-state index contributed by atoms with van der Waals surface area (Å²) in [5.74, 6) is -0.126. The lowest BCUT2D eigenvalue weighted by molar-refractivity contribution is 0.0821. The molecule has 0 aliphatic rings. The van der Waals surface area contributed by atoms with Crippen LogP contribution in [-0.2, 0) is 0 Å². The van der Waals surface area contributed by atoms with Crippen molar-refractivity contribution in [1.82, 2.24) is 14.7 Å². The number of aliphatic hydroxyl groups excluding tert-OH is 1. The molecule has 1 N–H and O–H groups in total. The van der Waals surface area contributed by atoms with Crippen LogP contribution in [0.4, 0.5) is 0 Å². The molecule has 5 heteroatoms. The molecular weight excluding hydrogens is 242 g/mol. The molecule has 1 unspecified atom stereocenters. The van der Waals surface area contributed by atoms with E-state index in [2.05, 4.69) is 5.10 Å². The summed E-state index contributed by atoms with van der Waals surface area (Å²) in [6.45, 7) is 1.72. The summed E-state index contributed by atoms with van der Waals surface area (Å²) < 4.78 is 1.64. The fourth-order valence-corrected chi connectivity index (χ4v) is 1.72. The van der Waals surface area contributed by atoms with Gasteiger partial charge in [0.2, 0.25) is 0 Å². The molecule has 1 aromatic heterocycles. The Morgan fingerprint density at radius 1 is 1.26 bits per heavy atom. The van der Waals surface area contributed by atoms with Crippen molar-refractivity contribution >= 4 is 5.91 Å². The van der Waals surface area contributed by atoms with Gasteiger partial charge in [-0.25, -0.2) is 4.68 Å². The summed E-state index contributed by atoms with van der Waals surface area (Å²) in [6, 6.07) is 9.09. The number of hydrogen-bond donors (Lipinski definition) is 1. The second kappa shape index (κ2) is 5.24. The summed E-state index contributed by atoms with van der Waals surface area (Å²) in [5.41, 5.74) is 2.10. The average molecular weight is 259 g/mol. The van der Waals surface area contributed by atoms with Gasteiger partial charge in [0, 0.05) is 20.3 Å². The number of nitrogens with zero attached hydrogens (tertiary/aromatic N) is 3. The SMILES string of the molecule is CC(O)c1ccc(-n2ccc(C(=O)N(C)C)n2)cc1. The Morgan fingerprint density at radius 2 is 1.89 bits per heavy atom. The zero-order valence-electron chi connectivity index (χ0n) is 11.2. The van der Waals surface area contributed by atoms with Gasteiger partial charge in [-0.3, -0.25) is 4.79 Å². The molecule has 1 heterocycles. The minimum atomic E-state index is -0.488. The molecule has 1 amide bonds. The van der Waals surface area contributed by atoms with Crippen molar-refractivity contribution in [1.29, 1.82) is 0 Å². The van der Waals surface area contributed by atoms with Gasteiger partial charge in [-0.2, -0.15) is 5.10 Å². The van der Waals surface area contributed by atoms with Gasteiger partial charge in [-0.1, -0.05) is 12.1 Å². The number of amides is 1. The fraction of sp³-hybridized carbons (Fsp3) is 0.286. The molecule has 0 bridgehead atoms. The van der Waals surface area contributed by atoms with E-state index in [0.717, 1.165) is 11.3 Å². The first-order valence-electron chi connectivity index (χ1n) is 6.05. The maximum atomic E-state index is 11.7. The predicted molar refractivity (Wildman–Crippen MR) is 72.2 cm³/mol. The van der Waals surface area contributed by atoms with E-state index in [0.29, 0.717) is 5.69 Å². The van der Waals surface area contributed by atoms with Crippen molar-refractivity contribution in [3.8, 4) is 5.69 Å². The van der Waals surface area contributed by atoms with Crippen molar-refractivity contribution in [2.45, 2.75) is 13.0 Å². The van der Waals surface area contributed by atoms with Crippen molar-refractivity contribution in [3.05, 3.63) is 47.8 Å². The molecule has 5 nitrogen and oxygen atoms in total. The molecule has 0 radical (unpaired) electrons. The monoisotopic (exact) mass is 259 g/mol. The third-order valence-electron chi connectivity index (χ3n) is 2.85. The number of hydrogen-bond acceptors (Lipinski definition) is 3. The van der Waals surface area contributed by atoms with Crippen LogP contribution in [0.2, 0.25) is 0 Å². The van der Waals surface area contributed by atoms with Gasteiger partial charge in [0.25, 0.3) is 5.91 Å². The molecular formula is C14H17N3O2. The first-order chi connectivity index (χ1) is 8.99. The molecule has 2 rings (SSSR count). The number of carbonyl (C=O) groups is 1. The van der Waals surface area contributed by atoms with E-state index in [1.165, 1.54) is 4.90 Å². The number of carbonyl (C=O) groups excluding carboxylic acids is 1. The Labute approximate surface area is 112 Å². The fourth-order valence-electron chi connectivity index (χ4n) is 1.72. The highest BCUT2D eigenvalue weighted by atomic mass is 16.3. The van der Waals surface area contributed by atoms with E-state index in [9.17, 15) is 9.90 Å². The lowest BCUT2D eigenvalue weighted by Crippen LogP contribution is -2.22. The van der Waals surface area contributed by atoms with E-state index >= 15 is 0 Å². The average Bonchev–Trinajstić information content (AvgIpc) is 2.87. The molecule has 1 aromatic carbocycles. The van der Waals surface area contributed by atoms with Crippen LogP contribution >= 0.6 is 0 Å². The van der Waals surface area contributed by atoms with Crippen LogP contribution in [-0.4, -0.2) is 39.8 Å². The lowest BCUT2D eigenvalue weighted by Gasteiger charge is -2.08. The number of aliphatic hydroxyl groups is 1. The Morgan fingerprint density at radius 3 is 2.42 bits per heavy atom. The van der Waals surface area contributed by atoms with Gasteiger partial charge in [0.15, 0.2) is 5.69 Å². The van der Waals surface area contributed by atoms with Crippen molar-refractivity contribution in [2.24, 2.45) is 0 Å². The van der Waals surface area contributed by atoms with E-state index < -0.39 is 6.10 Å². The quantitative estimate of drug-likeness (QED) is 0.911. The second-order valence-corrected chi connectivity index (χ2v) is 4.61. The molecule has 19 heavy (non-hydrogen) atoms. The summed E-state index contributed by atoms with van der Waals surface area (Å²) in [6.07, 6.45) is 1.26. The van der Waals surface area contributed by atoms with Crippen molar-refractivity contribution in [3.63, 3.8) is 0 Å². The van der Waals surface area contributed by atoms with Gasteiger partial charge in [0.05, 0.1) is 11.8 Å². The second-order valence-electron chi connectivity index (χ2n) is 4.61. The van der Waals surface area contributed by atoms with Gasteiger partial charge < -0.3 is 10.0 Å². The summed E-state index contributed by atoms with van der Waals surface area (Å²) in [5, 5.41) is 13.7. The first-order valence-corrected chi connectivity index (χ1v) is 6.05. The highest BCUT2D eigenvalue weighted by Gasteiger charge is 2.11. The largest absolute Gasteiger partial charge is 0.389 e. The Balaban J connectivity index is 2.25. The van der Waals surface area contributed by atoms with Crippen LogP contribution in [0.15, 0.2) is 36.5 Å². The van der Waals surface area contributed by atoms with Crippen molar-refractivity contribution < 1.29 is 9.90 Å². The zero-order chi connectivity index (χ0) is 14.0. The number of aromatic nitrogens is 2. The maximum Gasteiger partial charge on any atom is 0.273 e. The standard InChI is InChI=1S/C14H17N3O2/c1-10(18)11-4-6-12(7-5-11)17-9-8-13(15-17)14(19)16(2)3/h4-10,18H,1-3H3. The molecule has 1 atom stereocenters. The predicted octanol–water partition coefficient (Wildman–Crippen LogP) is 1.63. The summed E-state index contributed by atoms with van der Waals surface area (Å²) >= 11 is 0. The minimum Gasteiger partial charge on any atom is -0.389 e. The van der Waals surface area contributed by atoms with E-state index in [1.54, 1.807) is 38.0 Å². The minimum absolute atomic E-state index is 0.126. The van der Waals surface area contributed by atoms with E-state index in [4.69, 9.17) is 0 Å². The van der Waals surface area contributed by atoms with Gasteiger partial charge in [0.1, 0.15) is 0 Å². The highest BCUT2D eigenvalue weighted by molar-refractivity contribution is 5.91. The molecule has 100 valence electrons.